The molecule has 0 unspecified atom stereocenters. The zero-order chi connectivity index (χ0) is 18.0. The Balaban J connectivity index is 2.27. The van der Waals surface area contributed by atoms with Gasteiger partial charge in [0.2, 0.25) is 0 Å². The van der Waals surface area contributed by atoms with Crippen LogP contribution in [0.15, 0.2) is 53.4 Å². The highest BCUT2D eigenvalue weighted by Gasteiger charge is 2.31. The number of methoxy groups -OCH3 is 1. The minimum atomic E-state index is -4.62. The number of ether oxygens (including phenoxy) is 1. The van der Waals surface area contributed by atoms with Crippen molar-refractivity contribution in [2.24, 2.45) is 0 Å². The molecule has 0 atom stereocenters. The topological polar surface area (TPSA) is 69.7 Å². The molecular weight excluding hydrogens is 349 g/mol. The van der Waals surface area contributed by atoms with E-state index in [-0.39, 0.29) is 10.5 Å². The van der Waals surface area contributed by atoms with Crippen LogP contribution in [0.4, 0.5) is 13.2 Å². The third-order valence-electron chi connectivity index (χ3n) is 2.93. The molecule has 0 N–H and O–H groups in total. The molecule has 0 aliphatic carbocycles. The third-order valence-corrected chi connectivity index (χ3v) is 4.19. The molecule has 2 aromatic rings. The first-order chi connectivity index (χ1) is 11.1. The molecule has 0 heterocycles. The van der Waals surface area contributed by atoms with Crippen LogP contribution < -0.4 is 4.18 Å². The standard InChI is InChI=1S/C15H11F3O5S/c1-22-14(19)10-5-7-13(8-6-10)24(20,21)23-12-4-2-3-11(9-12)15(16,17)18/h2-9H,1H3. The van der Waals surface area contributed by atoms with E-state index in [1.54, 1.807) is 0 Å². The Morgan fingerprint density at radius 2 is 1.67 bits per heavy atom. The molecule has 0 saturated carbocycles. The quantitative estimate of drug-likeness (QED) is 0.618. The Hall–Kier alpha value is -2.55. The number of hydrogen-bond acceptors (Lipinski definition) is 5. The molecule has 0 aliphatic rings. The van der Waals surface area contributed by atoms with Gasteiger partial charge >= 0.3 is 22.3 Å². The zero-order valence-electron chi connectivity index (χ0n) is 12.2. The lowest BCUT2D eigenvalue weighted by Gasteiger charge is -2.10. The summed E-state index contributed by atoms with van der Waals surface area (Å²) in [6, 6.07) is 8.10. The molecule has 0 spiro atoms. The monoisotopic (exact) mass is 360 g/mol. The molecule has 128 valence electrons. The molecule has 9 heteroatoms. The number of rotatable bonds is 4. The van der Waals surface area contributed by atoms with E-state index in [9.17, 15) is 26.4 Å². The Morgan fingerprint density at radius 1 is 1.04 bits per heavy atom. The van der Waals surface area contributed by atoms with Crippen molar-refractivity contribution >= 4 is 16.1 Å². The van der Waals surface area contributed by atoms with Gasteiger partial charge in [-0.05, 0) is 42.5 Å². The molecule has 0 amide bonds. The summed E-state index contributed by atoms with van der Waals surface area (Å²) in [7, 11) is -3.17. The summed E-state index contributed by atoms with van der Waals surface area (Å²) in [6.07, 6.45) is -4.62. The number of hydrogen-bond donors (Lipinski definition) is 0. The Labute approximate surface area is 135 Å². The van der Waals surface area contributed by atoms with E-state index < -0.39 is 33.6 Å². The molecule has 2 aromatic carbocycles. The predicted molar refractivity (Wildman–Crippen MR) is 77.0 cm³/mol. The summed E-state index contributed by atoms with van der Waals surface area (Å²) >= 11 is 0. The van der Waals surface area contributed by atoms with E-state index in [2.05, 4.69) is 4.74 Å². The molecular formula is C15H11F3O5S. The molecule has 0 fully saturated rings. The van der Waals surface area contributed by atoms with E-state index in [0.717, 1.165) is 30.3 Å². The Morgan fingerprint density at radius 3 is 2.21 bits per heavy atom. The number of esters is 1. The minimum absolute atomic E-state index is 0.121. The minimum Gasteiger partial charge on any atom is -0.465 e. The fourth-order valence-electron chi connectivity index (χ4n) is 1.77. The van der Waals surface area contributed by atoms with Crippen molar-refractivity contribution in [2.45, 2.75) is 11.1 Å². The van der Waals surface area contributed by atoms with Crippen molar-refractivity contribution in [3.63, 3.8) is 0 Å². The number of carbonyl (C=O) groups excluding carboxylic acids is 1. The van der Waals surface area contributed by atoms with Crippen LogP contribution in [0.25, 0.3) is 0 Å². The third kappa shape index (κ3) is 4.05. The normalized spacial score (nSPS) is 11.8. The van der Waals surface area contributed by atoms with Crippen molar-refractivity contribution in [2.75, 3.05) is 7.11 Å². The highest BCUT2D eigenvalue weighted by molar-refractivity contribution is 7.87. The second kappa shape index (κ2) is 6.52. The fraction of sp³-hybridized carbons (Fsp3) is 0.133. The lowest BCUT2D eigenvalue weighted by molar-refractivity contribution is -0.137. The molecule has 24 heavy (non-hydrogen) atoms. The average molecular weight is 360 g/mol. The van der Waals surface area contributed by atoms with E-state index in [0.29, 0.717) is 6.07 Å². The van der Waals surface area contributed by atoms with Crippen LogP contribution in [0, 0.1) is 0 Å². The summed E-state index contributed by atoms with van der Waals surface area (Å²) in [5, 5.41) is 0. The molecule has 0 radical (unpaired) electrons. The number of alkyl halides is 3. The van der Waals surface area contributed by atoms with Gasteiger partial charge in [-0.3, -0.25) is 0 Å². The van der Waals surface area contributed by atoms with E-state index in [4.69, 9.17) is 4.18 Å². The predicted octanol–water partition coefficient (Wildman–Crippen LogP) is 3.26. The van der Waals surface area contributed by atoms with Crippen molar-refractivity contribution in [3.05, 3.63) is 59.7 Å². The lowest BCUT2D eigenvalue weighted by Crippen LogP contribution is -2.11. The molecule has 0 bridgehead atoms. The van der Waals surface area contributed by atoms with Crippen LogP contribution in [0.1, 0.15) is 15.9 Å². The van der Waals surface area contributed by atoms with Gasteiger partial charge in [0.25, 0.3) is 0 Å². The van der Waals surface area contributed by atoms with Gasteiger partial charge < -0.3 is 8.92 Å². The second-order valence-electron chi connectivity index (χ2n) is 4.58. The number of benzene rings is 2. The van der Waals surface area contributed by atoms with Crippen molar-refractivity contribution in [1.82, 2.24) is 0 Å². The van der Waals surface area contributed by atoms with Crippen LogP contribution in [-0.2, 0) is 21.0 Å². The summed E-state index contributed by atoms with van der Waals surface area (Å²) in [6.45, 7) is 0. The molecule has 5 nitrogen and oxygen atoms in total. The van der Waals surface area contributed by atoms with Gasteiger partial charge in [-0.15, -0.1) is 0 Å². The molecule has 0 aromatic heterocycles. The van der Waals surface area contributed by atoms with Gasteiger partial charge in [0.1, 0.15) is 10.6 Å². The largest absolute Gasteiger partial charge is 0.465 e. The molecule has 0 saturated heterocycles. The summed E-state index contributed by atoms with van der Waals surface area (Å²) in [5.41, 5.74) is -0.910. The van der Waals surface area contributed by atoms with Crippen LogP contribution in [0.2, 0.25) is 0 Å². The summed E-state index contributed by atoms with van der Waals surface area (Å²) in [4.78, 5) is 11.0. The van der Waals surface area contributed by atoms with Gasteiger partial charge in [0.15, 0.2) is 0 Å². The Bertz CT molecular complexity index is 842. The lowest BCUT2D eigenvalue weighted by atomic mass is 10.2. The smallest absolute Gasteiger partial charge is 0.416 e. The zero-order valence-corrected chi connectivity index (χ0v) is 13.0. The highest BCUT2D eigenvalue weighted by Crippen LogP contribution is 2.32. The highest BCUT2D eigenvalue weighted by atomic mass is 32.2. The van der Waals surface area contributed by atoms with Crippen molar-refractivity contribution < 1.29 is 35.3 Å². The van der Waals surface area contributed by atoms with Crippen LogP contribution >= 0.6 is 0 Å². The first kappa shape index (κ1) is 17.8. The van der Waals surface area contributed by atoms with Crippen LogP contribution in [0.3, 0.4) is 0 Å². The van der Waals surface area contributed by atoms with Crippen LogP contribution in [0.5, 0.6) is 5.75 Å². The number of carbonyl (C=O) groups is 1. The van der Waals surface area contributed by atoms with Gasteiger partial charge in [0, 0.05) is 0 Å². The van der Waals surface area contributed by atoms with E-state index in [1.807, 2.05) is 0 Å². The fourth-order valence-corrected chi connectivity index (χ4v) is 2.70. The van der Waals surface area contributed by atoms with Gasteiger partial charge in [-0.2, -0.15) is 21.6 Å². The van der Waals surface area contributed by atoms with Crippen LogP contribution in [-0.4, -0.2) is 21.5 Å². The first-order valence-corrected chi connectivity index (χ1v) is 7.84. The maximum absolute atomic E-state index is 12.6. The number of halogens is 3. The second-order valence-corrected chi connectivity index (χ2v) is 6.13. The maximum Gasteiger partial charge on any atom is 0.416 e. The van der Waals surface area contributed by atoms with Gasteiger partial charge in [0.05, 0.1) is 18.2 Å². The first-order valence-electron chi connectivity index (χ1n) is 6.43. The molecule has 2 rings (SSSR count). The van der Waals surface area contributed by atoms with Gasteiger partial charge in [-0.1, -0.05) is 6.07 Å². The van der Waals surface area contributed by atoms with Crippen molar-refractivity contribution in [3.8, 4) is 5.75 Å². The van der Waals surface area contributed by atoms with Crippen molar-refractivity contribution in [1.29, 1.82) is 0 Å². The van der Waals surface area contributed by atoms with E-state index in [1.165, 1.54) is 19.2 Å². The van der Waals surface area contributed by atoms with Gasteiger partial charge in [-0.25, -0.2) is 4.79 Å². The summed E-state index contributed by atoms with van der Waals surface area (Å²) in [5.74, 6) is -1.13. The Kier molecular flexibility index (Phi) is 4.83. The summed E-state index contributed by atoms with van der Waals surface area (Å²) < 4.78 is 71.3. The van der Waals surface area contributed by atoms with E-state index >= 15 is 0 Å². The average Bonchev–Trinajstić information content (AvgIpc) is 2.53. The maximum atomic E-state index is 12.6. The molecule has 0 aliphatic heterocycles. The SMILES string of the molecule is COC(=O)c1ccc(S(=O)(=O)Oc2cccc(C(F)(F)F)c2)cc1.